The van der Waals surface area contributed by atoms with Gasteiger partial charge in [0.2, 0.25) is 0 Å². The van der Waals surface area contributed by atoms with Crippen molar-refractivity contribution < 1.29 is 14.3 Å². The van der Waals surface area contributed by atoms with Crippen molar-refractivity contribution in [3.05, 3.63) is 0 Å². The largest absolute Gasteiger partial charge is 0.462 e. The second-order valence-electron chi connectivity index (χ2n) is 4.25. The number of hydrogen-bond acceptors (Lipinski definition) is 4. The van der Waals surface area contributed by atoms with E-state index in [-0.39, 0.29) is 12.1 Å². The molecule has 0 aromatic carbocycles. The van der Waals surface area contributed by atoms with E-state index >= 15 is 0 Å². The first-order valence-corrected chi connectivity index (χ1v) is 5.66. The second-order valence-corrected chi connectivity index (χ2v) is 4.25. The Morgan fingerprint density at radius 3 is 3.00 bits per heavy atom. The minimum atomic E-state index is -0.179. The van der Waals surface area contributed by atoms with E-state index in [1.165, 1.54) is 6.42 Å². The SMILES string of the molecule is CC(C)OC(=O)CNCC1CCCOC1. The Labute approximate surface area is 91.3 Å². The quantitative estimate of drug-likeness (QED) is 0.694. The summed E-state index contributed by atoms with van der Waals surface area (Å²) in [6.45, 7) is 6.54. The topological polar surface area (TPSA) is 47.6 Å². The molecule has 1 N–H and O–H groups in total. The van der Waals surface area contributed by atoms with Crippen LogP contribution in [0.3, 0.4) is 0 Å². The van der Waals surface area contributed by atoms with Gasteiger partial charge in [-0.15, -0.1) is 0 Å². The molecule has 88 valence electrons. The Kier molecular flexibility index (Phi) is 5.65. The van der Waals surface area contributed by atoms with Gasteiger partial charge >= 0.3 is 5.97 Å². The normalized spacial score (nSPS) is 21.7. The van der Waals surface area contributed by atoms with Gasteiger partial charge in [-0.2, -0.15) is 0 Å². The van der Waals surface area contributed by atoms with Gasteiger partial charge in [-0.3, -0.25) is 4.79 Å². The molecule has 1 aliphatic heterocycles. The molecule has 4 heteroatoms. The average Bonchev–Trinajstić information content (AvgIpc) is 2.18. The Morgan fingerprint density at radius 1 is 1.60 bits per heavy atom. The molecule has 4 nitrogen and oxygen atoms in total. The van der Waals surface area contributed by atoms with E-state index in [1.807, 2.05) is 13.8 Å². The molecule has 0 aliphatic carbocycles. The van der Waals surface area contributed by atoms with Gasteiger partial charge in [-0.1, -0.05) is 0 Å². The van der Waals surface area contributed by atoms with Crippen molar-refractivity contribution in [2.75, 3.05) is 26.3 Å². The molecule has 1 atom stereocenters. The van der Waals surface area contributed by atoms with Crippen LogP contribution in [0.2, 0.25) is 0 Å². The minimum absolute atomic E-state index is 0.0303. The summed E-state index contributed by atoms with van der Waals surface area (Å²) in [4.78, 5) is 11.2. The van der Waals surface area contributed by atoms with Gasteiger partial charge in [-0.05, 0) is 32.6 Å². The van der Waals surface area contributed by atoms with Crippen molar-refractivity contribution in [2.45, 2.75) is 32.8 Å². The van der Waals surface area contributed by atoms with Gasteiger partial charge in [0.1, 0.15) is 0 Å². The second kappa shape index (κ2) is 6.80. The third-order valence-corrected chi connectivity index (χ3v) is 2.32. The van der Waals surface area contributed by atoms with Crippen LogP contribution in [-0.2, 0) is 14.3 Å². The third kappa shape index (κ3) is 5.74. The molecular weight excluding hydrogens is 194 g/mol. The lowest BCUT2D eigenvalue weighted by atomic mass is 10.0. The molecule has 15 heavy (non-hydrogen) atoms. The zero-order valence-corrected chi connectivity index (χ0v) is 9.62. The first-order valence-electron chi connectivity index (χ1n) is 5.66. The molecule has 0 aromatic rings. The van der Waals surface area contributed by atoms with Crippen LogP contribution in [0.1, 0.15) is 26.7 Å². The number of hydrogen-bond donors (Lipinski definition) is 1. The van der Waals surface area contributed by atoms with E-state index in [9.17, 15) is 4.79 Å². The smallest absolute Gasteiger partial charge is 0.320 e. The molecule has 0 amide bonds. The number of carbonyl (C=O) groups is 1. The Morgan fingerprint density at radius 2 is 2.40 bits per heavy atom. The van der Waals surface area contributed by atoms with Crippen molar-refractivity contribution in [1.82, 2.24) is 5.32 Å². The van der Waals surface area contributed by atoms with Crippen LogP contribution in [0.5, 0.6) is 0 Å². The number of nitrogens with one attached hydrogen (secondary N) is 1. The van der Waals surface area contributed by atoms with Crippen molar-refractivity contribution in [3.63, 3.8) is 0 Å². The summed E-state index contributed by atoms with van der Waals surface area (Å²) in [6.07, 6.45) is 2.28. The summed E-state index contributed by atoms with van der Waals surface area (Å²) in [5.74, 6) is 0.368. The highest BCUT2D eigenvalue weighted by Gasteiger charge is 2.14. The predicted molar refractivity (Wildman–Crippen MR) is 57.6 cm³/mol. The zero-order valence-electron chi connectivity index (χ0n) is 9.62. The maximum Gasteiger partial charge on any atom is 0.320 e. The van der Waals surface area contributed by atoms with E-state index in [1.54, 1.807) is 0 Å². The number of rotatable bonds is 5. The zero-order chi connectivity index (χ0) is 11.1. The molecule has 1 saturated heterocycles. The number of esters is 1. The molecule has 1 unspecified atom stereocenters. The molecular formula is C11H21NO3. The molecule has 1 rings (SSSR count). The van der Waals surface area contributed by atoms with Crippen molar-refractivity contribution in [3.8, 4) is 0 Å². The van der Waals surface area contributed by atoms with Gasteiger partial charge in [-0.25, -0.2) is 0 Å². The van der Waals surface area contributed by atoms with Crippen LogP contribution in [0.4, 0.5) is 0 Å². The molecule has 0 spiro atoms. The van der Waals surface area contributed by atoms with Gasteiger partial charge < -0.3 is 14.8 Å². The molecule has 0 radical (unpaired) electrons. The Balaban J connectivity index is 2.02. The first-order chi connectivity index (χ1) is 7.18. The van der Waals surface area contributed by atoms with E-state index in [0.29, 0.717) is 12.5 Å². The van der Waals surface area contributed by atoms with Gasteiger partial charge in [0.25, 0.3) is 0 Å². The lowest BCUT2D eigenvalue weighted by molar-refractivity contribution is -0.146. The molecule has 0 aromatic heterocycles. The summed E-state index contributed by atoms with van der Waals surface area (Å²) in [5.41, 5.74) is 0. The Bertz CT molecular complexity index is 188. The van der Waals surface area contributed by atoms with E-state index in [4.69, 9.17) is 9.47 Å². The van der Waals surface area contributed by atoms with Crippen LogP contribution in [0, 0.1) is 5.92 Å². The minimum Gasteiger partial charge on any atom is -0.462 e. The standard InChI is InChI=1S/C11H21NO3/c1-9(2)15-11(13)7-12-6-10-4-3-5-14-8-10/h9-10,12H,3-8H2,1-2H3. The molecule has 1 heterocycles. The van der Waals surface area contributed by atoms with Gasteiger partial charge in [0, 0.05) is 13.2 Å². The maximum absolute atomic E-state index is 11.2. The van der Waals surface area contributed by atoms with Crippen LogP contribution in [0.15, 0.2) is 0 Å². The predicted octanol–water partition coefficient (Wildman–Crippen LogP) is 0.954. The van der Waals surface area contributed by atoms with Gasteiger partial charge in [0.15, 0.2) is 0 Å². The fourth-order valence-electron chi connectivity index (χ4n) is 1.65. The lowest BCUT2D eigenvalue weighted by Crippen LogP contribution is -2.33. The van der Waals surface area contributed by atoms with Crippen molar-refractivity contribution in [2.24, 2.45) is 5.92 Å². The number of ether oxygens (including phenoxy) is 2. The summed E-state index contributed by atoms with van der Waals surface area (Å²) < 4.78 is 10.4. The number of carbonyl (C=O) groups excluding carboxylic acids is 1. The third-order valence-electron chi connectivity index (χ3n) is 2.32. The Hall–Kier alpha value is -0.610. The van der Waals surface area contributed by atoms with E-state index in [2.05, 4.69) is 5.32 Å². The highest BCUT2D eigenvalue weighted by atomic mass is 16.5. The molecule has 0 bridgehead atoms. The van der Waals surface area contributed by atoms with Crippen LogP contribution in [0.25, 0.3) is 0 Å². The molecule has 1 aliphatic rings. The summed E-state index contributed by atoms with van der Waals surface area (Å²) in [7, 11) is 0. The highest BCUT2D eigenvalue weighted by molar-refractivity contribution is 5.71. The van der Waals surface area contributed by atoms with Crippen molar-refractivity contribution >= 4 is 5.97 Å². The van der Waals surface area contributed by atoms with Gasteiger partial charge in [0.05, 0.1) is 19.3 Å². The van der Waals surface area contributed by atoms with E-state index < -0.39 is 0 Å². The summed E-state index contributed by atoms with van der Waals surface area (Å²) in [6, 6.07) is 0. The first kappa shape index (κ1) is 12.5. The van der Waals surface area contributed by atoms with Crippen LogP contribution in [-0.4, -0.2) is 38.4 Å². The molecule has 0 saturated carbocycles. The summed E-state index contributed by atoms with van der Waals surface area (Å²) >= 11 is 0. The molecule has 1 fully saturated rings. The van der Waals surface area contributed by atoms with E-state index in [0.717, 1.165) is 26.2 Å². The maximum atomic E-state index is 11.2. The average molecular weight is 215 g/mol. The highest BCUT2D eigenvalue weighted by Crippen LogP contribution is 2.11. The van der Waals surface area contributed by atoms with Crippen LogP contribution >= 0.6 is 0 Å². The monoisotopic (exact) mass is 215 g/mol. The lowest BCUT2D eigenvalue weighted by Gasteiger charge is -2.22. The summed E-state index contributed by atoms with van der Waals surface area (Å²) in [5, 5.41) is 3.11. The fraction of sp³-hybridized carbons (Fsp3) is 0.909. The van der Waals surface area contributed by atoms with Crippen molar-refractivity contribution in [1.29, 1.82) is 0 Å². The fourth-order valence-corrected chi connectivity index (χ4v) is 1.65. The van der Waals surface area contributed by atoms with Crippen LogP contribution < -0.4 is 5.32 Å².